The highest BCUT2D eigenvalue weighted by atomic mass is 35.5. The van der Waals surface area contributed by atoms with Crippen LogP contribution in [0.5, 0.6) is 0 Å². The standard InChI is InChI=1S/C12H10Cl2N6O4/c1-2-24-12(21)11(14)18-17-8-4-9(19-6-15-5-16-19)7(13)3-10(8)20(22)23/h3-6,17H,2H2,1H3/b18-11+. The van der Waals surface area contributed by atoms with Gasteiger partial charge in [-0.2, -0.15) is 10.2 Å². The Morgan fingerprint density at radius 2 is 2.29 bits per heavy atom. The molecule has 10 nitrogen and oxygen atoms in total. The number of carbonyl (C=O) groups is 1. The van der Waals surface area contributed by atoms with Gasteiger partial charge in [0.05, 0.1) is 22.2 Å². The molecule has 0 atom stereocenters. The lowest BCUT2D eigenvalue weighted by Crippen LogP contribution is -2.13. The van der Waals surface area contributed by atoms with Crippen LogP contribution in [0.4, 0.5) is 11.4 Å². The molecule has 0 saturated heterocycles. The first-order valence-corrected chi connectivity index (χ1v) is 7.18. The van der Waals surface area contributed by atoms with Crippen molar-refractivity contribution in [3.05, 3.63) is 39.9 Å². The molecule has 24 heavy (non-hydrogen) atoms. The second kappa shape index (κ2) is 7.70. The average Bonchev–Trinajstić information content (AvgIpc) is 3.07. The van der Waals surface area contributed by atoms with Crippen molar-refractivity contribution in [3.8, 4) is 5.69 Å². The number of benzene rings is 1. The van der Waals surface area contributed by atoms with Crippen molar-refractivity contribution >= 4 is 45.7 Å². The Hall–Kier alpha value is -2.72. The summed E-state index contributed by atoms with van der Waals surface area (Å²) in [5.74, 6) is -0.861. The Balaban J connectivity index is 2.40. The number of aromatic nitrogens is 3. The summed E-state index contributed by atoms with van der Waals surface area (Å²) in [7, 11) is 0. The predicted molar refractivity (Wildman–Crippen MR) is 86.6 cm³/mol. The van der Waals surface area contributed by atoms with Crippen LogP contribution < -0.4 is 5.43 Å². The third-order valence-electron chi connectivity index (χ3n) is 2.65. The van der Waals surface area contributed by atoms with E-state index in [4.69, 9.17) is 23.2 Å². The van der Waals surface area contributed by atoms with Crippen molar-refractivity contribution in [2.24, 2.45) is 5.10 Å². The van der Waals surface area contributed by atoms with Crippen LogP contribution in [0.25, 0.3) is 5.69 Å². The second-order valence-electron chi connectivity index (χ2n) is 4.15. The maximum atomic E-state index is 11.4. The van der Waals surface area contributed by atoms with Crippen molar-refractivity contribution in [2.75, 3.05) is 12.0 Å². The molecule has 0 aliphatic carbocycles. The van der Waals surface area contributed by atoms with Crippen LogP contribution in [0.15, 0.2) is 29.9 Å². The number of anilines is 1. The first-order chi connectivity index (χ1) is 11.4. The van der Waals surface area contributed by atoms with Gasteiger partial charge in [0.1, 0.15) is 18.3 Å². The third kappa shape index (κ3) is 3.97. The first kappa shape index (κ1) is 17.6. The number of nitrogens with one attached hydrogen (secondary N) is 1. The summed E-state index contributed by atoms with van der Waals surface area (Å²) in [6, 6.07) is 2.45. The van der Waals surface area contributed by atoms with E-state index < -0.39 is 16.1 Å². The Morgan fingerprint density at radius 3 is 2.88 bits per heavy atom. The number of hydrogen-bond acceptors (Lipinski definition) is 8. The number of nitro benzene ring substituents is 1. The number of hydrazone groups is 1. The zero-order valence-electron chi connectivity index (χ0n) is 12.1. The molecule has 1 aromatic carbocycles. The van der Waals surface area contributed by atoms with Crippen molar-refractivity contribution < 1.29 is 14.5 Å². The lowest BCUT2D eigenvalue weighted by Gasteiger charge is -2.08. The molecule has 12 heteroatoms. The number of nitrogens with zero attached hydrogens (tertiary/aromatic N) is 5. The van der Waals surface area contributed by atoms with Crippen LogP contribution in [0, 0.1) is 10.1 Å². The molecule has 0 aliphatic rings. The molecule has 0 bridgehead atoms. The van der Waals surface area contributed by atoms with E-state index >= 15 is 0 Å². The molecule has 0 amide bonds. The van der Waals surface area contributed by atoms with Crippen LogP contribution in [0.1, 0.15) is 6.92 Å². The number of esters is 1. The van der Waals surface area contributed by atoms with Crippen molar-refractivity contribution in [2.45, 2.75) is 6.92 Å². The van der Waals surface area contributed by atoms with E-state index in [1.165, 1.54) is 23.4 Å². The van der Waals surface area contributed by atoms with Gasteiger partial charge in [0.25, 0.3) is 5.69 Å². The first-order valence-electron chi connectivity index (χ1n) is 6.43. The number of ether oxygens (including phenoxy) is 1. The van der Waals surface area contributed by atoms with E-state index in [9.17, 15) is 14.9 Å². The maximum absolute atomic E-state index is 11.4. The summed E-state index contributed by atoms with van der Waals surface area (Å²) in [6.07, 6.45) is 2.65. The van der Waals surface area contributed by atoms with Gasteiger partial charge >= 0.3 is 5.97 Å². The minimum Gasteiger partial charge on any atom is -0.461 e. The van der Waals surface area contributed by atoms with Gasteiger partial charge in [0.15, 0.2) is 0 Å². The van der Waals surface area contributed by atoms with Crippen LogP contribution in [-0.4, -0.2) is 37.4 Å². The molecule has 0 fully saturated rings. The topological polar surface area (TPSA) is 125 Å². The molecule has 1 N–H and O–H groups in total. The third-order valence-corrected chi connectivity index (χ3v) is 3.19. The Labute approximate surface area is 145 Å². The second-order valence-corrected chi connectivity index (χ2v) is 4.92. The number of nitro groups is 1. The molecule has 0 radical (unpaired) electrons. The van der Waals surface area contributed by atoms with Gasteiger partial charge in [-0.3, -0.25) is 15.5 Å². The van der Waals surface area contributed by atoms with Crippen LogP contribution in [0.2, 0.25) is 5.02 Å². The molecule has 2 aromatic rings. The van der Waals surface area contributed by atoms with Gasteiger partial charge in [-0.1, -0.05) is 23.2 Å². The fourth-order valence-corrected chi connectivity index (χ4v) is 1.99. The van der Waals surface area contributed by atoms with Crippen LogP contribution >= 0.6 is 23.2 Å². The van der Waals surface area contributed by atoms with E-state index in [2.05, 4.69) is 25.3 Å². The average molecular weight is 373 g/mol. The van der Waals surface area contributed by atoms with E-state index in [0.29, 0.717) is 5.69 Å². The fourth-order valence-electron chi connectivity index (χ4n) is 1.65. The van der Waals surface area contributed by atoms with E-state index in [0.717, 1.165) is 6.07 Å². The van der Waals surface area contributed by atoms with Crippen molar-refractivity contribution in [1.29, 1.82) is 0 Å². The smallest absolute Gasteiger partial charge is 0.370 e. The highest BCUT2D eigenvalue weighted by Gasteiger charge is 2.19. The summed E-state index contributed by atoms with van der Waals surface area (Å²) in [5, 5.41) is 18.2. The molecular formula is C12H10Cl2N6O4. The Kier molecular flexibility index (Phi) is 5.66. The lowest BCUT2D eigenvalue weighted by atomic mass is 10.2. The lowest BCUT2D eigenvalue weighted by molar-refractivity contribution is -0.383. The molecule has 126 valence electrons. The van der Waals surface area contributed by atoms with Gasteiger partial charge in [0.2, 0.25) is 5.17 Å². The molecule has 0 unspecified atom stereocenters. The molecule has 0 spiro atoms. The van der Waals surface area contributed by atoms with Gasteiger partial charge in [-0.05, 0) is 13.0 Å². The highest BCUT2D eigenvalue weighted by Crippen LogP contribution is 2.33. The minimum atomic E-state index is -0.861. The quantitative estimate of drug-likeness (QED) is 0.357. The fraction of sp³-hybridized carbons (Fsp3) is 0.167. The van der Waals surface area contributed by atoms with Crippen molar-refractivity contribution in [3.63, 3.8) is 0 Å². The minimum absolute atomic E-state index is 0.0441. The predicted octanol–water partition coefficient (Wildman–Crippen LogP) is 2.36. The number of rotatable bonds is 6. The summed E-state index contributed by atoms with van der Waals surface area (Å²) < 4.78 is 5.97. The van der Waals surface area contributed by atoms with Crippen molar-refractivity contribution in [1.82, 2.24) is 14.8 Å². The molecule has 0 saturated carbocycles. The number of carbonyl (C=O) groups excluding carboxylic acids is 1. The number of halogens is 2. The van der Waals surface area contributed by atoms with Gasteiger partial charge in [0, 0.05) is 6.07 Å². The molecule has 1 aromatic heterocycles. The largest absolute Gasteiger partial charge is 0.461 e. The monoisotopic (exact) mass is 372 g/mol. The zero-order valence-corrected chi connectivity index (χ0v) is 13.7. The highest BCUT2D eigenvalue weighted by molar-refractivity contribution is 6.82. The van der Waals surface area contributed by atoms with Crippen LogP contribution in [-0.2, 0) is 9.53 Å². The molecule has 0 aliphatic heterocycles. The summed E-state index contributed by atoms with van der Waals surface area (Å²) in [5.41, 5.74) is 2.28. The number of hydrogen-bond donors (Lipinski definition) is 1. The maximum Gasteiger partial charge on any atom is 0.370 e. The Morgan fingerprint density at radius 1 is 1.54 bits per heavy atom. The zero-order chi connectivity index (χ0) is 17.7. The molecule has 2 rings (SSSR count). The normalized spacial score (nSPS) is 11.2. The van der Waals surface area contributed by atoms with Crippen LogP contribution in [0.3, 0.4) is 0 Å². The van der Waals surface area contributed by atoms with Gasteiger partial charge in [-0.15, -0.1) is 0 Å². The summed E-state index contributed by atoms with van der Waals surface area (Å²) >= 11 is 11.7. The van der Waals surface area contributed by atoms with E-state index in [1.54, 1.807) is 6.92 Å². The van der Waals surface area contributed by atoms with E-state index in [-0.39, 0.29) is 23.0 Å². The molecule has 1 heterocycles. The van der Waals surface area contributed by atoms with E-state index in [1.807, 2.05) is 0 Å². The summed E-state index contributed by atoms with van der Waals surface area (Å²) in [6.45, 7) is 1.71. The van der Waals surface area contributed by atoms with Gasteiger partial charge < -0.3 is 4.74 Å². The SMILES string of the molecule is CCOC(=O)/C(Cl)=N\Nc1cc(-n2cncn2)c(Cl)cc1[N+](=O)[O-]. The Bertz CT molecular complexity index is 793. The summed E-state index contributed by atoms with van der Waals surface area (Å²) in [4.78, 5) is 25.7. The molecular weight excluding hydrogens is 363 g/mol. The van der Waals surface area contributed by atoms with Gasteiger partial charge in [-0.25, -0.2) is 14.5 Å².